The van der Waals surface area contributed by atoms with Gasteiger partial charge >= 0.3 is 0 Å². The lowest BCUT2D eigenvalue weighted by Gasteiger charge is -2.11. The molecule has 4 heteroatoms. The average molecular weight is 256 g/mol. The molecule has 1 amide bonds. The van der Waals surface area contributed by atoms with Crippen molar-refractivity contribution in [2.24, 2.45) is 0 Å². The molecule has 0 radical (unpaired) electrons. The molecule has 2 rings (SSSR count). The molecule has 2 aromatic rings. The van der Waals surface area contributed by atoms with Gasteiger partial charge in [-0.25, -0.2) is 0 Å². The molecule has 0 fully saturated rings. The molecule has 0 unspecified atom stereocenters. The van der Waals surface area contributed by atoms with Crippen molar-refractivity contribution in [3.63, 3.8) is 0 Å². The zero-order valence-electron chi connectivity index (χ0n) is 10.9. The standard InChI is InChI=1S/C15H16N2O2/c1-9-3-4-11(16)8-14(9)17-15(19)13-6-5-12(18)7-10(13)2/h3-8,18H,16H2,1-2H3,(H,17,19). The maximum absolute atomic E-state index is 12.2. The highest BCUT2D eigenvalue weighted by Gasteiger charge is 2.11. The third kappa shape index (κ3) is 2.85. The summed E-state index contributed by atoms with van der Waals surface area (Å²) in [5.74, 6) is -0.0691. The van der Waals surface area contributed by atoms with Crippen LogP contribution in [0.3, 0.4) is 0 Å². The first-order valence-electron chi connectivity index (χ1n) is 5.94. The molecule has 0 aliphatic heterocycles. The van der Waals surface area contributed by atoms with Crippen LogP contribution in [0.15, 0.2) is 36.4 Å². The minimum Gasteiger partial charge on any atom is -0.508 e. The Hall–Kier alpha value is -2.49. The van der Waals surface area contributed by atoms with E-state index < -0.39 is 0 Å². The van der Waals surface area contributed by atoms with Crippen molar-refractivity contribution in [3.8, 4) is 5.75 Å². The Kier molecular flexibility index (Phi) is 3.42. The Balaban J connectivity index is 2.28. The van der Waals surface area contributed by atoms with E-state index in [1.54, 1.807) is 31.2 Å². The van der Waals surface area contributed by atoms with Crippen LogP contribution in [0.5, 0.6) is 5.75 Å². The number of rotatable bonds is 2. The van der Waals surface area contributed by atoms with Crippen molar-refractivity contribution in [2.45, 2.75) is 13.8 Å². The van der Waals surface area contributed by atoms with E-state index in [0.717, 1.165) is 11.1 Å². The van der Waals surface area contributed by atoms with Gasteiger partial charge in [-0.05, 0) is 55.3 Å². The lowest BCUT2D eigenvalue weighted by molar-refractivity contribution is 0.102. The van der Waals surface area contributed by atoms with E-state index in [-0.39, 0.29) is 11.7 Å². The number of nitrogens with two attached hydrogens (primary N) is 1. The van der Waals surface area contributed by atoms with Crippen LogP contribution in [0.2, 0.25) is 0 Å². The maximum atomic E-state index is 12.2. The molecule has 4 N–H and O–H groups in total. The van der Waals surface area contributed by atoms with Crippen molar-refractivity contribution in [2.75, 3.05) is 11.1 Å². The highest BCUT2D eigenvalue weighted by atomic mass is 16.3. The molecule has 0 aliphatic rings. The molecular formula is C15H16N2O2. The molecule has 0 spiro atoms. The number of hydrogen-bond donors (Lipinski definition) is 3. The van der Waals surface area contributed by atoms with Gasteiger partial charge < -0.3 is 16.2 Å². The first kappa shape index (κ1) is 13.0. The number of phenolic OH excluding ortho intramolecular Hbond substituents is 1. The number of aryl methyl sites for hydroxylation is 2. The van der Waals surface area contributed by atoms with Gasteiger partial charge in [-0.2, -0.15) is 0 Å². The average Bonchev–Trinajstić information content (AvgIpc) is 2.33. The van der Waals surface area contributed by atoms with Crippen LogP contribution in [0.4, 0.5) is 11.4 Å². The number of carbonyl (C=O) groups is 1. The summed E-state index contributed by atoms with van der Waals surface area (Å²) >= 11 is 0. The third-order valence-corrected chi connectivity index (χ3v) is 2.96. The first-order valence-corrected chi connectivity index (χ1v) is 5.94. The Morgan fingerprint density at radius 2 is 1.84 bits per heavy atom. The SMILES string of the molecule is Cc1ccc(N)cc1NC(=O)c1ccc(O)cc1C. The van der Waals surface area contributed by atoms with Crippen LogP contribution < -0.4 is 11.1 Å². The monoisotopic (exact) mass is 256 g/mol. The zero-order chi connectivity index (χ0) is 14.0. The lowest BCUT2D eigenvalue weighted by Crippen LogP contribution is -2.14. The van der Waals surface area contributed by atoms with Crippen LogP contribution in [0.1, 0.15) is 21.5 Å². The maximum Gasteiger partial charge on any atom is 0.255 e. The number of nitrogens with one attached hydrogen (secondary N) is 1. The molecule has 0 saturated carbocycles. The summed E-state index contributed by atoms with van der Waals surface area (Å²) in [7, 11) is 0. The van der Waals surface area contributed by atoms with Crippen LogP contribution >= 0.6 is 0 Å². The summed E-state index contributed by atoms with van der Waals surface area (Å²) in [5.41, 5.74) is 9.19. The van der Waals surface area contributed by atoms with Crippen molar-refractivity contribution in [3.05, 3.63) is 53.1 Å². The Morgan fingerprint density at radius 3 is 2.53 bits per heavy atom. The predicted octanol–water partition coefficient (Wildman–Crippen LogP) is 2.84. The summed E-state index contributed by atoms with van der Waals surface area (Å²) in [6.07, 6.45) is 0. The number of phenols is 1. The minimum absolute atomic E-state index is 0.147. The summed E-state index contributed by atoms with van der Waals surface area (Å²) < 4.78 is 0. The second-order valence-corrected chi connectivity index (χ2v) is 4.53. The van der Waals surface area contributed by atoms with E-state index in [4.69, 9.17) is 5.73 Å². The van der Waals surface area contributed by atoms with E-state index in [2.05, 4.69) is 5.32 Å². The summed E-state index contributed by atoms with van der Waals surface area (Å²) in [5, 5.41) is 12.2. The molecule has 19 heavy (non-hydrogen) atoms. The second kappa shape index (κ2) is 5.02. The van der Waals surface area contributed by atoms with E-state index in [1.807, 2.05) is 13.0 Å². The Bertz CT molecular complexity index is 636. The van der Waals surface area contributed by atoms with Crippen LogP contribution in [-0.4, -0.2) is 11.0 Å². The fraction of sp³-hybridized carbons (Fsp3) is 0.133. The molecule has 98 valence electrons. The molecule has 4 nitrogen and oxygen atoms in total. The van der Waals surface area contributed by atoms with Gasteiger partial charge in [0.1, 0.15) is 5.75 Å². The predicted molar refractivity (Wildman–Crippen MR) is 76.4 cm³/mol. The largest absolute Gasteiger partial charge is 0.508 e. The summed E-state index contributed by atoms with van der Waals surface area (Å²) in [4.78, 5) is 12.2. The molecule has 0 aromatic heterocycles. The fourth-order valence-electron chi connectivity index (χ4n) is 1.87. The Morgan fingerprint density at radius 1 is 1.11 bits per heavy atom. The molecule has 0 aliphatic carbocycles. The fourth-order valence-corrected chi connectivity index (χ4v) is 1.87. The van der Waals surface area contributed by atoms with E-state index in [0.29, 0.717) is 16.9 Å². The quantitative estimate of drug-likeness (QED) is 0.723. The molecule has 0 bridgehead atoms. The smallest absolute Gasteiger partial charge is 0.255 e. The van der Waals surface area contributed by atoms with Gasteiger partial charge in [-0.15, -0.1) is 0 Å². The van der Waals surface area contributed by atoms with Crippen molar-refractivity contribution >= 4 is 17.3 Å². The van der Waals surface area contributed by atoms with Gasteiger partial charge in [0.25, 0.3) is 5.91 Å². The highest BCUT2D eigenvalue weighted by Crippen LogP contribution is 2.21. The number of benzene rings is 2. The minimum atomic E-state index is -0.216. The van der Waals surface area contributed by atoms with E-state index in [1.165, 1.54) is 6.07 Å². The van der Waals surface area contributed by atoms with Gasteiger partial charge in [0.05, 0.1) is 0 Å². The molecule has 0 atom stereocenters. The van der Waals surface area contributed by atoms with Gasteiger partial charge in [0.2, 0.25) is 0 Å². The van der Waals surface area contributed by atoms with Gasteiger partial charge in [0, 0.05) is 16.9 Å². The van der Waals surface area contributed by atoms with Crippen LogP contribution in [0.25, 0.3) is 0 Å². The third-order valence-electron chi connectivity index (χ3n) is 2.96. The number of anilines is 2. The molecule has 0 saturated heterocycles. The summed E-state index contributed by atoms with van der Waals surface area (Å²) in [6, 6.07) is 10.0. The van der Waals surface area contributed by atoms with Gasteiger partial charge in [-0.1, -0.05) is 6.07 Å². The van der Waals surface area contributed by atoms with Crippen LogP contribution in [-0.2, 0) is 0 Å². The lowest BCUT2D eigenvalue weighted by atomic mass is 10.1. The van der Waals surface area contributed by atoms with Gasteiger partial charge in [-0.3, -0.25) is 4.79 Å². The number of hydrogen-bond acceptors (Lipinski definition) is 3. The highest BCUT2D eigenvalue weighted by molar-refractivity contribution is 6.05. The van der Waals surface area contributed by atoms with Crippen LogP contribution in [0, 0.1) is 13.8 Å². The van der Waals surface area contributed by atoms with Crippen molar-refractivity contribution in [1.82, 2.24) is 0 Å². The van der Waals surface area contributed by atoms with E-state index >= 15 is 0 Å². The normalized spacial score (nSPS) is 10.2. The van der Waals surface area contributed by atoms with Crippen molar-refractivity contribution in [1.29, 1.82) is 0 Å². The second-order valence-electron chi connectivity index (χ2n) is 4.53. The number of nitrogen functional groups attached to an aromatic ring is 1. The number of amides is 1. The first-order chi connectivity index (χ1) is 8.97. The number of aromatic hydroxyl groups is 1. The summed E-state index contributed by atoms with van der Waals surface area (Å²) in [6.45, 7) is 3.68. The molecule has 0 heterocycles. The molecule has 2 aromatic carbocycles. The Labute approximate surface area is 111 Å². The number of carbonyl (C=O) groups excluding carboxylic acids is 1. The van der Waals surface area contributed by atoms with Gasteiger partial charge in [0.15, 0.2) is 0 Å². The van der Waals surface area contributed by atoms with E-state index in [9.17, 15) is 9.90 Å². The molecular weight excluding hydrogens is 240 g/mol. The zero-order valence-corrected chi connectivity index (χ0v) is 10.9. The topological polar surface area (TPSA) is 75.3 Å². The van der Waals surface area contributed by atoms with Crippen molar-refractivity contribution < 1.29 is 9.90 Å².